The quantitative estimate of drug-likeness (QED) is 0.610. The molecule has 3 aromatic heterocycles. The molecule has 3 aromatic rings. The van der Waals surface area contributed by atoms with E-state index in [2.05, 4.69) is 37.3 Å². The molecule has 29 heavy (non-hydrogen) atoms. The summed E-state index contributed by atoms with van der Waals surface area (Å²) in [4.78, 5) is 20.3. The Kier molecular flexibility index (Phi) is 5.47. The van der Waals surface area contributed by atoms with E-state index in [-0.39, 0.29) is 21.3 Å². The van der Waals surface area contributed by atoms with Gasteiger partial charge in [0.2, 0.25) is 5.13 Å². The van der Waals surface area contributed by atoms with E-state index >= 15 is 0 Å². The summed E-state index contributed by atoms with van der Waals surface area (Å²) in [7, 11) is 0. The van der Waals surface area contributed by atoms with Gasteiger partial charge in [-0.05, 0) is 36.5 Å². The van der Waals surface area contributed by atoms with Gasteiger partial charge >= 0.3 is 0 Å². The summed E-state index contributed by atoms with van der Waals surface area (Å²) in [6, 6.07) is 2.69. The maximum atomic E-state index is 13.0. The summed E-state index contributed by atoms with van der Waals surface area (Å²) in [5.41, 5.74) is 0.333. The predicted molar refractivity (Wildman–Crippen MR) is 105 cm³/mol. The van der Waals surface area contributed by atoms with E-state index in [0.717, 1.165) is 36.4 Å². The minimum atomic E-state index is -2.76. The maximum Gasteiger partial charge on any atom is 0.280 e. The highest BCUT2D eigenvalue weighted by Crippen LogP contribution is 2.33. The van der Waals surface area contributed by atoms with Crippen LogP contribution in [0.15, 0.2) is 30.7 Å². The van der Waals surface area contributed by atoms with Crippen LogP contribution < -0.4 is 5.32 Å². The van der Waals surface area contributed by atoms with Crippen molar-refractivity contribution >= 4 is 34.0 Å². The first-order valence-corrected chi connectivity index (χ1v) is 9.75. The first kappa shape index (κ1) is 19.4. The number of hydrogen-bond acceptors (Lipinski definition) is 6. The standard InChI is InChI=1S/C19H12ClF2N5OS/c20-14-9-24-15(17(21)22)7-12(14)11-5-6-23-8-13(11)18(28)25-19-27-26-16(29-19)4-3-10-1-2-10/h5-10,17H,1-2H2,(H,25,27,28). The fourth-order valence-electron chi connectivity index (χ4n) is 2.47. The van der Waals surface area contributed by atoms with Gasteiger partial charge in [0.1, 0.15) is 5.69 Å². The third-order valence-electron chi connectivity index (χ3n) is 4.06. The van der Waals surface area contributed by atoms with Crippen molar-refractivity contribution in [2.45, 2.75) is 19.3 Å². The highest BCUT2D eigenvalue weighted by molar-refractivity contribution is 7.15. The lowest BCUT2D eigenvalue weighted by Gasteiger charge is -2.11. The van der Waals surface area contributed by atoms with Gasteiger partial charge in [0.15, 0.2) is 5.01 Å². The van der Waals surface area contributed by atoms with Crippen molar-refractivity contribution < 1.29 is 13.6 Å². The molecule has 1 saturated carbocycles. The zero-order valence-corrected chi connectivity index (χ0v) is 16.3. The summed E-state index contributed by atoms with van der Waals surface area (Å²) >= 11 is 7.30. The second-order valence-electron chi connectivity index (χ2n) is 6.22. The van der Waals surface area contributed by atoms with Gasteiger partial charge in [-0.3, -0.25) is 20.1 Å². The van der Waals surface area contributed by atoms with Crippen molar-refractivity contribution in [1.82, 2.24) is 20.2 Å². The molecule has 1 aliphatic carbocycles. The van der Waals surface area contributed by atoms with Gasteiger partial charge in [0.25, 0.3) is 12.3 Å². The van der Waals surface area contributed by atoms with Crippen LogP contribution in [0.4, 0.5) is 13.9 Å². The van der Waals surface area contributed by atoms with Gasteiger partial charge < -0.3 is 0 Å². The summed E-state index contributed by atoms with van der Waals surface area (Å²) in [6.07, 6.45) is 3.35. The van der Waals surface area contributed by atoms with E-state index in [1.54, 1.807) is 0 Å². The van der Waals surface area contributed by atoms with E-state index in [9.17, 15) is 13.6 Å². The fraction of sp³-hybridized carbons (Fsp3) is 0.211. The molecular formula is C19H12ClF2N5OS. The Morgan fingerprint density at radius 3 is 2.86 bits per heavy atom. The van der Waals surface area contributed by atoms with Crippen LogP contribution in [-0.4, -0.2) is 26.1 Å². The predicted octanol–water partition coefficient (Wildman–Crippen LogP) is 4.60. The number of nitrogens with zero attached hydrogens (tertiary/aromatic N) is 4. The van der Waals surface area contributed by atoms with Crippen LogP contribution in [0.5, 0.6) is 0 Å². The number of anilines is 1. The van der Waals surface area contributed by atoms with E-state index in [4.69, 9.17) is 11.6 Å². The number of halogens is 3. The first-order chi connectivity index (χ1) is 14.0. The second kappa shape index (κ2) is 8.19. The molecule has 1 N–H and O–H groups in total. The van der Waals surface area contributed by atoms with Crippen LogP contribution in [0.3, 0.4) is 0 Å². The Bertz CT molecular complexity index is 1140. The highest BCUT2D eigenvalue weighted by Gasteiger charge is 2.20. The minimum Gasteiger partial charge on any atom is -0.296 e. The zero-order chi connectivity index (χ0) is 20.4. The van der Waals surface area contributed by atoms with Crippen LogP contribution in [0.1, 0.15) is 40.3 Å². The van der Waals surface area contributed by atoms with Gasteiger partial charge in [0, 0.05) is 30.1 Å². The fourth-order valence-corrected chi connectivity index (χ4v) is 3.28. The van der Waals surface area contributed by atoms with Gasteiger partial charge in [-0.25, -0.2) is 8.78 Å². The molecule has 0 bridgehead atoms. The lowest BCUT2D eigenvalue weighted by molar-refractivity contribution is 0.102. The molecule has 1 amide bonds. The molecule has 0 aromatic carbocycles. The van der Waals surface area contributed by atoms with Crippen LogP contribution in [0.2, 0.25) is 5.02 Å². The normalized spacial score (nSPS) is 13.1. The topological polar surface area (TPSA) is 80.7 Å². The van der Waals surface area contributed by atoms with Crippen molar-refractivity contribution in [2.75, 3.05) is 5.32 Å². The zero-order valence-electron chi connectivity index (χ0n) is 14.7. The molecule has 0 radical (unpaired) electrons. The second-order valence-corrected chi connectivity index (χ2v) is 7.61. The molecule has 3 heterocycles. The molecule has 4 rings (SSSR count). The number of pyridine rings is 2. The van der Waals surface area contributed by atoms with Crippen LogP contribution in [0, 0.1) is 17.8 Å². The molecule has 6 nitrogen and oxygen atoms in total. The molecule has 10 heteroatoms. The third-order valence-corrected chi connectivity index (χ3v) is 5.12. The largest absolute Gasteiger partial charge is 0.296 e. The Morgan fingerprint density at radius 2 is 2.10 bits per heavy atom. The molecule has 0 spiro atoms. The number of carbonyl (C=O) groups is 1. The highest BCUT2D eigenvalue weighted by atomic mass is 35.5. The van der Waals surface area contributed by atoms with Gasteiger partial charge in [-0.15, -0.1) is 10.2 Å². The summed E-state index contributed by atoms with van der Waals surface area (Å²) in [5, 5.41) is 11.4. The molecule has 146 valence electrons. The average molecular weight is 432 g/mol. The molecule has 1 fully saturated rings. The Morgan fingerprint density at radius 1 is 1.28 bits per heavy atom. The number of nitrogens with one attached hydrogen (secondary N) is 1. The third kappa shape index (κ3) is 4.55. The van der Waals surface area contributed by atoms with Crippen molar-refractivity contribution in [3.63, 3.8) is 0 Å². The number of hydrogen-bond donors (Lipinski definition) is 1. The molecule has 0 aliphatic heterocycles. The number of amides is 1. The number of aromatic nitrogens is 4. The van der Waals surface area contributed by atoms with Crippen molar-refractivity contribution in [3.8, 4) is 23.0 Å². The van der Waals surface area contributed by atoms with E-state index in [0.29, 0.717) is 16.5 Å². The maximum absolute atomic E-state index is 13.0. The Labute approximate surface area is 173 Å². The average Bonchev–Trinajstić information content (AvgIpc) is 3.45. The number of rotatable bonds is 4. The Hall–Kier alpha value is -2.96. The van der Waals surface area contributed by atoms with Crippen LogP contribution in [0.25, 0.3) is 11.1 Å². The lowest BCUT2D eigenvalue weighted by Crippen LogP contribution is -2.13. The molecule has 1 aliphatic rings. The van der Waals surface area contributed by atoms with Gasteiger partial charge in [0.05, 0.1) is 10.6 Å². The Balaban J connectivity index is 1.61. The van der Waals surface area contributed by atoms with Crippen LogP contribution in [-0.2, 0) is 0 Å². The van der Waals surface area contributed by atoms with Gasteiger partial charge in [-0.2, -0.15) is 0 Å². The van der Waals surface area contributed by atoms with E-state index in [1.165, 1.54) is 18.5 Å². The summed E-state index contributed by atoms with van der Waals surface area (Å²) < 4.78 is 26.1. The van der Waals surface area contributed by atoms with Crippen molar-refractivity contribution in [3.05, 3.63) is 52.0 Å². The summed E-state index contributed by atoms with van der Waals surface area (Å²) in [6.45, 7) is 0. The van der Waals surface area contributed by atoms with Crippen molar-refractivity contribution in [2.24, 2.45) is 5.92 Å². The minimum absolute atomic E-state index is 0.142. The van der Waals surface area contributed by atoms with E-state index < -0.39 is 18.0 Å². The number of alkyl halides is 2. The lowest BCUT2D eigenvalue weighted by atomic mass is 10.0. The monoisotopic (exact) mass is 431 g/mol. The number of carbonyl (C=O) groups excluding carboxylic acids is 1. The SMILES string of the molecule is O=C(Nc1nnc(C#CC2CC2)s1)c1cnccc1-c1cc(C(F)F)ncc1Cl. The van der Waals surface area contributed by atoms with E-state index in [1.807, 2.05) is 0 Å². The molecule has 0 saturated heterocycles. The molecular weight excluding hydrogens is 420 g/mol. The van der Waals surface area contributed by atoms with Crippen LogP contribution >= 0.6 is 22.9 Å². The molecule has 0 atom stereocenters. The smallest absolute Gasteiger partial charge is 0.280 e. The first-order valence-electron chi connectivity index (χ1n) is 8.55. The van der Waals surface area contributed by atoms with Gasteiger partial charge in [-0.1, -0.05) is 28.9 Å². The molecule has 0 unspecified atom stereocenters. The summed E-state index contributed by atoms with van der Waals surface area (Å²) in [5.74, 6) is 5.93. The van der Waals surface area contributed by atoms with Crippen molar-refractivity contribution in [1.29, 1.82) is 0 Å².